The zero-order valence-corrected chi connectivity index (χ0v) is 14.2. The second kappa shape index (κ2) is 6.42. The molecule has 23 heavy (non-hydrogen) atoms. The molecule has 0 amide bonds. The summed E-state index contributed by atoms with van der Waals surface area (Å²) in [4.78, 5) is 0. The zero-order valence-electron chi connectivity index (χ0n) is 14.2. The summed E-state index contributed by atoms with van der Waals surface area (Å²) in [5.74, 6) is 1.29. The van der Waals surface area contributed by atoms with E-state index in [4.69, 9.17) is 13.9 Å². The molecule has 1 fully saturated rings. The Hall–Kier alpha value is -1.72. The number of hydrogen-bond acceptors (Lipinski definition) is 5. The Morgan fingerprint density at radius 2 is 1.91 bits per heavy atom. The molecule has 5 nitrogen and oxygen atoms in total. The summed E-state index contributed by atoms with van der Waals surface area (Å²) in [6, 6.07) is 9.90. The number of rotatable bonds is 4. The van der Waals surface area contributed by atoms with Crippen LogP contribution in [-0.4, -0.2) is 30.0 Å². The van der Waals surface area contributed by atoms with E-state index in [1.165, 1.54) is 0 Å². The van der Waals surface area contributed by atoms with Crippen molar-refractivity contribution in [3.63, 3.8) is 0 Å². The van der Waals surface area contributed by atoms with Gasteiger partial charge in [-0.25, -0.2) is 0 Å². The van der Waals surface area contributed by atoms with E-state index in [2.05, 4.69) is 31.0 Å². The maximum atomic E-state index is 5.97. The minimum absolute atomic E-state index is 0.0376. The molecule has 1 aliphatic heterocycles. The Bertz CT molecular complexity index is 633. The Labute approximate surface area is 137 Å². The lowest BCUT2D eigenvalue weighted by atomic mass is 9.81. The number of methoxy groups -OCH3 is 1. The summed E-state index contributed by atoms with van der Waals surface area (Å²) >= 11 is 0. The quantitative estimate of drug-likeness (QED) is 0.860. The highest BCUT2D eigenvalue weighted by molar-refractivity contribution is 5.22. The van der Waals surface area contributed by atoms with Gasteiger partial charge in [0.1, 0.15) is 0 Å². The predicted molar refractivity (Wildman–Crippen MR) is 86.1 cm³/mol. The van der Waals surface area contributed by atoms with Crippen LogP contribution in [0.25, 0.3) is 0 Å². The lowest BCUT2D eigenvalue weighted by Gasteiger charge is -2.29. The molecule has 2 aromatic rings. The van der Waals surface area contributed by atoms with Crippen LogP contribution in [-0.2, 0) is 9.47 Å². The van der Waals surface area contributed by atoms with Gasteiger partial charge in [0, 0.05) is 13.7 Å². The number of benzene rings is 1. The molecule has 124 valence electrons. The second-order valence-corrected chi connectivity index (χ2v) is 7.06. The molecular weight excluding hydrogens is 292 g/mol. The Balaban J connectivity index is 1.85. The summed E-state index contributed by atoms with van der Waals surface area (Å²) in [6.07, 6.45) is 0.661. The molecule has 1 saturated heterocycles. The Kier molecular flexibility index (Phi) is 4.50. The van der Waals surface area contributed by atoms with Gasteiger partial charge in [-0.05, 0) is 17.4 Å². The summed E-state index contributed by atoms with van der Waals surface area (Å²) < 4.78 is 17.4. The summed E-state index contributed by atoms with van der Waals surface area (Å²) in [6.45, 7) is 7.26. The molecule has 5 heteroatoms. The fourth-order valence-corrected chi connectivity index (χ4v) is 3.21. The van der Waals surface area contributed by atoms with E-state index >= 15 is 0 Å². The first-order valence-corrected chi connectivity index (χ1v) is 8.03. The van der Waals surface area contributed by atoms with Crippen molar-refractivity contribution in [1.82, 2.24) is 10.2 Å². The van der Waals surface area contributed by atoms with Crippen LogP contribution in [0.3, 0.4) is 0 Å². The first kappa shape index (κ1) is 16.1. The van der Waals surface area contributed by atoms with Gasteiger partial charge in [-0.2, -0.15) is 0 Å². The molecule has 1 aromatic carbocycles. The number of aromatic nitrogens is 2. The van der Waals surface area contributed by atoms with Crippen molar-refractivity contribution >= 4 is 0 Å². The highest BCUT2D eigenvalue weighted by atomic mass is 16.5. The normalized spacial score (nSPS) is 23.1. The third-order valence-corrected chi connectivity index (χ3v) is 4.28. The van der Waals surface area contributed by atoms with Gasteiger partial charge < -0.3 is 13.9 Å². The van der Waals surface area contributed by atoms with E-state index in [-0.39, 0.29) is 23.5 Å². The minimum atomic E-state index is -0.340. The van der Waals surface area contributed by atoms with Crippen molar-refractivity contribution in [3.8, 4) is 0 Å². The molecule has 0 bridgehead atoms. The van der Waals surface area contributed by atoms with Crippen LogP contribution in [0.2, 0.25) is 0 Å². The fraction of sp³-hybridized carbons (Fsp3) is 0.556. The third kappa shape index (κ3) is 3.31. The van der Waals surface area contributed by atoms with Gasteiger partial charge in [-0.1, -0.05) is 51.1 Å². The molecule has 0 unspecified atom stereocenters. The summed E-state index contributed by atoms with van der Waals surface area (Å²) in [5, 5.41) is 8.51. The van der Waals surface area contributed by atoms with Crippen LogP contribution in [0, 0.1) is 5.41 Å². The molecule has 0 aliphatic carbocycles. The van der Waals surface area contributed by atoms with Crippen molar-refractivity contribution in [2.75, 3.05) is 13.7 Å². The lowest BCUT2D eigenvalue weighted by molar-refractivity contribution is 0.0165. The van der Waals surface area contributed by atoms with Crippen LogP contribution in [0.15, 0.2) is 34.7 Å². The SMILES string of the molecule is CO[C@@H](c1ccccc1)c1nnc([C@H]2CCO[C@@H]2C(C)(C)C)o1. The van der Waals surface area contributed by atoms with Crippen molar-refractivity contribution < 1.29 is 13.9 Å². The average Bonchev–Trinajstić information content (AvgIpc) is 3.17. The van der Waals surface area contributed by atoms with Crippen molar-refractivity contribution in [1.29, 1.82) is 0 Å². The topological polar surface area (TPSA) is 57.4 Å². The highest BCUT2D eigenvalue weighted by Gasteiger charge is 2.41. The standard InChI is InChI=1S/C18H24N2O3/c1-18(2,3)15-13(10-11-22-15)16-19-20-17(23-16)14(21-4)12-8-6-5-7-9-12/h5-9,13-15H,10-11H2,1-4H3/t13-,14-,15-/m0/s1. The van der Waals surface area contributed by atoms with E-state index in [0.29, 0.717) is 11.8 Å². The molecule has 0 saturated carbocycles. The molecule has 3 atom stereocenters. The van der Waals surface area contributed by atoms with Crippen molar-refractivity contribution in [2.24, 2.45) is 5.41 Å². The predicted octanol–water partition coefficient (Wildman–Crippen LogP) is 3.72. The summed E-state index contributed by atoms with van der Waals surface area (Å²) in [5.41, 5.74) is 1.04. The number of hydrogen-bond donors (Lipinski definition) is 0. The molecule has 1 aromatic heterocycles. The van der Waals surface area contributed by atoms with Gasteiger partial charge in [0.25, 0.3) is 0 Å². The van der Waals surface area contributed by atoms with Gasteiger partial charge >= 0.3 is 0 Å². The highest BCUT2D eigenvalue weighted by Crippen LogP contribution is 2.40. The van der Waals surface area contributed by atoms with E-state index in [0.717, 1.165) is 18.6 Å². The van der Waals surface area contributed by atoms with Crippen molar-refractivity contribution in [2.45, 2.75) is 45.3 Å². The van der Waals surface area contributed by atoms with Gasteiger partial charge in [0.2, 0.25) is 11.8 Å². The largest absolute Gasteiger partial charge is 0.422 e. The van der Waals surface area contributed by atoms with Gasteiger partial charge in [0.05, 0.1) is 12.0 Å². The average molecular weight is 316 g/mol. The van der Waals surface area contributed by atoms with E-state index in [1.54, 1.807) is 7.11 Å². The molecule has 0 N–H and O–H groups in total. The molecular formula is C18H24N2O3. The third-order valence-electron chi connectivity index (χ3n) is 4.28. The van der Waals surface area contributed by atoms with Gasteiger partial charge in [0.15, 0.2) is 6.10 Å². The van der Waals surface area contributed by atoms with Gasteiger partial charge in [-0.3, -0.25) is 0 Å². The minimum Gasteiger partial charge on any atom is -0.422 e. The number of ether oxygens (including phenoxy) is 2. The van der Waals surface area contributed by atoms with Crippen LogP contribution < -0.4 is 0 Å². The van der Waals surface area contributed by atoms with E-state index in [9.17, 15) is 0 Å². The maximum absolute atomic E-state index is 5.97. The molecule has 3 rings (SSSR count). The van der Waals surface area contributed by atoms with Gasteiger partial charge in [-0.15, -0.1) is 10.2 Å². The molecule has 2 heterocycles. The van der Waals surface area contributed by atoms with Crippen LogP contribution in [0.1, 0.15) is 56.6 Å². The summed E-state index contributed by atoms with van der Waals surface area (Å²) in [7, 11) is 1.65. The molecule has 0 radical (unpaired) electrons. The van der Waals surface area contributed by atoms with Crippen LogP contribution in [0.5, 0.6) is 0 Å². The zero-order chi connectivity index (χ0) is 16.4. The first-order valence-electron chi connectivity index (χ1n) is 8.03. The number of nitrogens with zero attached hydrogens (tertiary/aromatic N) is 2. The Morgan fingerprint density at radius 3 is 2.57 bits per heavy atom. The lowest BCUT2D eigenvalue weighted by Crippen LogP contribution is -2.30. The van der Waals surface area contributed by atoms with Crippen LogP contribution >= 0.6 is 0 Å². The Morgan fingerprint density at radius 1 is 1.17 bits per heavy atom. The maximum Gasteiger partial charge on any atom is 0.249 e. The van der Waals surface area contributed by atoms with E-state index < -0.39 is 0 Å². The molecule has 1 aliphatic rings. The second-order valence-electron chi connectivity index (χ2n) is 7.06. The fourth-order valence-electron chi connectivity index (χ4n) is 3.21. The smallest absolute Gasteiger partial charge is 0.249 e. The monoisotopic (exact) mass is 316 g/mol. The first-order chi connectivity index (χ1) is 11.0. The molecule has 0 spiro atoms. The van der Waals surface area contributed by atoms with E-state index in [1.807, 2.05) is 30.3 Å². The van der Waals surface area contributed by atoms with Crippen molar-refractivity contribution in [3.05, 3.63) is 47.7 Å². The van der Waals surface area contributed by atoms with Crippen LogP contribution in [0.4, 0.5) is 0 Å².